The summed E-state index contributed by atoms with van der Waals surface area (Å²) in [5, 5.41) is 5.85. The normalized spacial score (nSPS) is 11.7. The van der Waals surface area contributed by atoms with Gasteiger partial charge in [0.1, 0.15) is 16.0 Å². The predicted molar refractivity (Wildman–Crippen MR) is 182 cm³/mol. The van der Waals surface area contributed by atoms with Crippen LogP contribution in [0.1, 0.15) is 0 Å². The van der Waals surface area contributed by atoms with Gasteiger partial charge in [0.2, 0.25) is 0 Å². The predicted octanol–water partition coefficient (Wildman–Crippen LogP) is 11.6. The van der Waals surface area contributed by atoms with Crippen LogP contribution in [0.25, 0.3) is 64.3 Å². The van der Waals surface area contributed by atoms with Crippen LogP contribution in [-0.4, -0.2) is 4.98 Å². The number of benzene rings is 6. The molecule has 3 heterocycles. The molecule has 0 spiro atoms. The molecule has 0 atom stereocenters. The van der Waals surface area contributed by atoms with Crippen molar-refractivity contribution in [3.63, 3.8) is 0 Å². The van der Waals surface area contributed by atoms with E-state index in [1.807, 2.05) is 18.2 Å². The van der Waals surface area contributed by atoms with Gasteiger partial charge in [-0.2, -0.15) is 0 Å². The highest BCUT2D eigenvalue weighted by Gasteiger charge is 2.17. The number of furan rings is 1. The Morgan fingerprint density at radius 2 is 1.16 bits per heavy atom. The van der Waals surface area contributed by atoms with Gasteiger partial charge in [-0.25, -0.2) is 4.98 Å². The van der Waals surface area contributed by atoms with E-state index in [0.717, 1.165) is 54.7 Å². The van der Waals surface area contributed by atoms with Crippen LogP contribution in [0.5, 0.6) is 0 Å². The smallest absolute Gasteiger partial charge is 0.137 e. The average Bonchev–Trinajstić information content (AvgIpc) is 3.61. The maximum atomic E-state index is 6.31. The zero-order chi connectivity index (χ0) is 28.3. The fraction of sp³-hybridized carbons (Fsp3) is 0. The number of hydrogen-bond donors (Lipinski definition) is 0. The van der Waals surface area contributed by atoms with Gasteiger partial charge in [0.25, 0.3) is 0 Å². The third kappa shape index (κ3) is 3.99. The quantitative estimate of drug-likeness (QED) is 0.211. The fourth-order valence-electron chi connectivity index (χ4n) is 6.16. The fourth-order valence-corrected chi connectivity index (χ4v) is 7.26. The molecule has 3 nitrogen and oxygen atoms in total. The van der Waals surface area contributed by atoms with Crippen LogP contribution in [-0.2, 0) is 0 Å². The lowest BCUT2D eigenvalue weighted by Crippen LogP contribution is -2.09. The van der Waals surface area contributed by atoms with E-state index in [4.69, 9.17) is 9.40 Å². The van der Waals surface area contributed by atoms with E-state index in [2.05, 4.69) is 132 Å². The van der Waals surface area contributed by atoms with Crippen molar-refractivity contribution in [3.05, 3.63) is 146 Å². The number of para-hydroxylation sites is 2. The maximum Gasteiger partial charge on any atom is 0.137 e. The van der Waals surface area contributed by atoms with Crippen molar-refractivity contribution in [1.82, 2.24) is 4.98 Å². The van der Waals surface area contributed by atoms with Crippen molar-refractivity contribution in [2.24, 2.45) is 0 Å². The zero-order valence-corrected chi connectivity index (χ0v) is 23.9. The lowest BCUT2D eigenvalue weighted by Gasteiger charge is -2.25. The van der Waals surface area contributed by atoms with E-state index in [-0.39, 0.29) is 0 Å². The Kier molecular flexibility index (Phi) is 5.37. The van der Waals surface area contributed by atoms with Gasteiger partial charge in [-0.15, -0.1) is 11.3 Å². The molecule has 3 aromatic heterocycles. The topological polar surface area (TPSA) is 29.3 Å². The number of anilines is 3. The number of rotatable bonds is 4. The summed E-state index contributed by atoms with van der Waals surface area (Å²) in [6, 6.07) is 51.4. The molecule has 0 aliphatic carbocycles. The third-order valence-electron chi connectivity index (χ3n) is 8.26. The molecule has 202 valence electrons. The van der Waals surface area contributed by atoms with Gasteiger partial charge in [-0.05, 0) is 65.7 Å². The first-order valence-electron chi connectivity index (χ1n) is 14.4. The van der Waals surface area contributed by atoms with E-state index in [1.54, 1.807) is 11.3 Å². The van der Waals surface area contributed by atoms with Crippen LogP contribution in [0.2, 0.25) is 0 Å². The summed E-state index contributed by atoms with van der Waals surface area (Å²) in [5.41, 5.74) is 8.42. The summed E-state index contributed by atoms with van der Waals surface area (Å²) < 4.78 is 7.52. The molecule has 0 radical (unpaired) electrons. The average molecular weight is 569 g/mol. The highest BCUT2D eigenvalue weighted by Crippen LogP contribution is 2.42. The van der Waals surface area contributed by atoms with E-state index < -0.39 is 0 Å². The molecule has 0 amide bonds. The second-order valence-corrected chi connectivity index (χ2v) is 11.9. The zero-order valence-electron chi connectivity index (χ0n) is 23.1. The first-order chi connectivity index (χ1) is 21.3. The van der Waals surface area contributed by atoms with Crippen LogP contribution in [0.15, 0.2) is 150 Å². The van der Waals surface area contributed by atoms with E-state index in [1.165, 1.54) is 26.6 Å². The molecule has 0 aliphatic rings. The van der Waals surface area contributed by atoms with Crippen LogP contribution < -0.4 is 4.90 Å². The van der Waals surface area contributed by atoms with Crippen LogP contribution in [0.4, 0.5) is 17.1 Å². The molecule has 0 N–H and O–H groups in total. The molecule has 0 unspecified atom stereocenters. The molecule has 0 saturated carbocycles. The highest BCUT2D eigenvalue weighted by molar-refractivity contribution is 7.25. The summed E-state index contributed by atoms with van der Waals surface area (Å²) in [7, 11) is 0. The molecule has 9 aromatic rings. The number of aromatic nitrogens is 1. The summed E-state index contributed by atoms with van der Waals surface area (Å²) in [6.07, 6.45) is 0. The molecule has 0 bridgehead atoms. The lowest BCUT2D eigenvalue weighted by atomic mass is 10.0. The minimum atomic E-state index is 0.878. The van der Waals surface area contributed by atoms with Crippen LogP contribution in [0, 0.1) is 0 Å². The lowest BCUT2D eigenvalue weighted by molar-refractivity contribution is 0.669. The summed E-state index contributed by atoms with van der Waals surface area (Å²) in [5.74, 6) is 0. The highest BCUT2D eigenvalue weighted by atomic mass is 32.1. The molecule has 43 heavy (non-hydrogen) atoms. The third-order valence-corrected chi connectivity index (χ3v) is 9.32. The summed E-state index contributed by atoms with van der Waals surface area (Å²) in [4.78, 5) is 8.37. The largest absolute Gasteiger partial charge is 0.456 e. The Labute approximate surface area is 251 Å². The van der Waals surface area contributed by atoms with Crippen molar-refractivity contribution in [2.75, 3.05) is 4.90 Å². The minimum absolute atomic E-state index is 0.878. The molecule has 4 heteroatoms. The van der Waals surface area contributed by atoms with Crippen molar-refractivity contribution in [1.29, 1.82) is 0 Å². The second-order valence-electron chi connectivity index (χ2n) is 10.8. The number of nitrogens with zero attached hydrogens (tertiary/aromatic N) is 2. The molecule has 0 fully saturated rings. The Bertz CT molecular complexity index is 2460. The number of thiophene rings is 1. The minimum Gasteiger partial charge on any atom is -0.456 e. The summed E-state index contributed by atoms with van der Waals surface area (Å²) in [6.45, 7) is 0. The van der Waals surface area contributed by atoms with Gasteiger partial charge in [0.05, 0.1) is 5.52 Å². The maximum absolute atomic E-state index is 6.31. The first kappa shape index (κ1) is 24.2. The Balaban J connectivity index is 1.22. The van der Waals surface area contributed by atoms with E-state index >= 15 is 0 Å². The van der Waals surface area contributed by atoms with Crippen LogP contribution in [0.3, 0.4) is 0 Å². The van der Waals surface area contributed by atoms with E-state index in [0.29, 0.717) is 0 Å². The molecule has 0 aliphatic heterocycles. The van der Waals surface area contributed by atoms with Crippen molar-refractivity contribution in [2.45, 2.75) is 0 Å². The van der Waals surface area contributed by atoms with Crippen molar-refractivity contribution >= 4 is 81.5 Å². The number of pyridine rings is 1. The van der Waals surface area contributed by atoms with Gasteiger partial charge in [-0.1, -0.05) is 84.9 Å². The molecular formula is C39H24N2OS. The van der Waals surface area contributed by atoms with Crippen molar-refractivity contribution < 1.29 is 4.42 Å². The van der Waals surface area contributed by atoms with Crippen molar-refractivity contribution in [3.8, 4) is 11.1 Å². The SMILES string of the molecule is c1ccc(-c2ccc(N(c3ccc4c(c3)oc3ccccc34)c3ccc4c(c3)sc3nc5ccccc5cc34)cc2)cc1. The summed E-state index contributed by atoms with van der Waals surface area (Å²) >= 11 is 1.75. The number of hydrogen-bond acceptors (Lipinski definition) is 4. The molecule has 6 aromatic carbocycles. The second kappa shape index (κ2) is 9.55. The standard InChI is InChI=1S/C39H24N2OS/c1-2-8-25(9-3-1)26-14-16-28(17-15-26)41(29-18-20-32-31-11-5-7-13-36(31)42-37(32)23-29)30-19-21-33-34-22-27-10-4-6-12-35(27)40-39(34)43-38(33)24-30/h1-24H. The van der Waals surface area contributed by atoms with Gasteiger partial charge in [0.15, 0.2) is 0 Å². The molecular weight excluding hydrogens is 545 g/mol. The molecule has 0 saturated heterocycles. The van der Waals surface area contributed by atoms with E-state index in [9.17, 15) is 0 Å². The van der Waals surface area contributed by atoms with Gasteiger partial charge in [-0.3, -0.25) is 0 Å². The van der Waals surface area contributed by atoms with Gasteiger partial charge in [0, 0.05) is 54.8 Å². The van der Waals surface area contributed by atoms with Gasteiger partial charge < -0.3 is 9.32 Å². The Hall–Kier alpha value is -5.45. The van der Waals surface area contributed by atoms with Gasteiger partial charge >= 0.3 is 0 Å². The monoisotopic (exact) mass is 568 g/mol. The van der Waals surface area contributed by atoms with Crippen LogP contribution >= 0.6 is 11.3 Å². The first-order valence-corrected chi connectivity index (χ1v) is 15.2. The Morgan fingerprint density at radius 1 is 0.488 bits per heavy atom. The Morgan fingerprint density at radius 3 is 2.05 bits per heavy atom. The number of fused-ring (bicyclic) bond motifs is 7. The molecule has 9 rings (SSSR count).